The number of nitrogens with one attached hydrogen (secondary N) is 2. The second-order valence-corrected chi connectivity index (χ2v) is 7.29. The standard InChI is InChI=1S/C19H24FN7O4/c1-12-8-17(24-31-12)23-18(28)27-7-6-25(5-4-22-27)16-3-2-13(9-15(16)20)26-11-14(10-21)30-19(26)29/h2-3,8-9,14,22H,4-7,10-11,21H2,1H3,(H,23,24,28)/t14-/m0/s1. The van der Waals surface area contributed by atoms with E-state index in [4.69, 9.17) is 15.0 Å². The molecule has 0 aliphatic carbocycles. The van der Waals surface area contributed by atoms with Crippen LogP contribution in [0.1, 0.15) is 5.76 Å². The number of rotatable bonds is 4. The molecule has 0 saturated carbocycles. The molecule has 0 bridgehead atoms. The van der Waals surface area contributed by atoms with Gasteiger partial charge < -0.3 is 19.9 Å². The molecule has 2 saturated heterocycles. The average Bonchev–Trinajstić information content (AvgIpc) is 3.23. The molecule has 1 atom stereocenters. The minimum absolute atomic E-state index is 0.212. The van der Waals surface area contributed by atoms with Crippen LogP contribution < -0.4 is 26.3 Å². The number of halogens is 1. The summed E-state index contributed by atoms with van der Waals surface area (Å²) in [7, 11) is 0. The molecule has 3 heterocycles. The zero-order valence-electron chi connectivity index (χ0n) is 17.0. The van der Waals surface area contributed by atoms with E-state index < -0.39 is 18.0 Å². The first-order valence-corrected chi connectivity index (χ1v) is 9.92. The lowest BCUT2D eigenvalue weighted by molar-refractivity contribution is 0.145. The van der Waals surface area contributed by atoms with Gasteiger partial charge in [0.2, 0.25) is 0 Å². The van der Waals surface area contributed by atoms with Crippen LogP contribution in [0.3, 0.4) is 0 Å². The summed E-state index contributed by atoms with van der Waals surface area (Å²) in [6, 6.07) is 5.85. The molecule has 2 aliphatic heterocycles. The zero-order valence-corrected chi connectivity index (χ0v) is 17.0. The van der Waals surface area contributed by atoms with Crippen molar-refractivity contribution in [1.82, 2.24) is 15.6 Å². The Kier molecular flexibility index (Phi) is 5.91. The number of anilines is 3. The molecular weight excluding hydrogens is 409 g/mol. The molecule has 3 amide bonds. The number of nitrogens with zero attached hydrogens (tertiary/aromatic N) is 4. The Morgan fingerprint density at radius 1 is 1.35 bits per heavy atom. The summed E-state index contributed by atoms with van der Waals surface area (Å²) in [5, 5.41) is 7.81. The lowest BCUT2D eigenvalue weighted by atomic mass is 10.2. The Hall–Kier alpha value is -3.38. The number of urea groups is 1. The maximum Gasteiger partial charge on any atom is 0.414 e. The van der Waals surface area contributed by atoms with E-state index in [9.17, 15) is 14.0 Å². The van der Waals surface area contributed by atoms with Gasteiger partial charge in [-0.3, -0.25) is 15.2 Å². The molecule has 0 spiro atoms. The van der Waals surface area contributed by atoms with Crippen molar-refractivity contribution in [1.29, 1.82) is 0 Å². The highest BCUT2D eigenvalue weighted by molar-refractivity contribution is 5.90. The van der Waals surface area contributed by atoms with Gasteiger partial charge in [-0.15, -0.1) is 0 Å². The first-order valence-electron chi connectivity index (χ1n) is 9.92. The van der Waals surface area contributed by atoms with Crippen molar-refractivity contribution in [2.75, 3.05) is 54.4 Å². The normalized spacial score (nSPS) is 19.4. The quantitative estimate of drug-likeness (QED) is 0.657. The maximum atomic E-state index is 14.9. The van der Waals surface area contributed by atoms with E-state index in [0.29, 0.717) is 49.1 Å². The van der Waals surface area contributed by atoms with E-state index >= 15 is 0 Å². The molecule has 1 aromatic carbocycles. The number of ether oxygens (including phenoxy) is 1. The molecule has 2 aromatic rings. The summed E-state index contributed by atoms with van der Waals surface area (Å²) in [6.45, 7) is 3.89. The lowest BCUT2D eigenvalue weighted by Gasteiger charge is -2.24. The number of cyclic esters (lactones) is 1. The monoisotopic (exact) mass is 433 g/mol. The molecule has 11 nitrogen and oxygen atoms in total. The van der Waals surface area contributed by atoms with Crippen molar-refractivity contribution in [2.24, 2.45) is 5.73 Å². The molecule has 2 fully saturated rings. The number of hydrogen-bond donors (Lipinski definition) is 3. The molecule has 4 rings (SSSR count). The van der Waals surface area contributed by atoms with Crippen molar-refractivity contribution < 1.29 is 23.2 Å². The van der Waals surface area contributed by atoms with Gasteiger partial charge in [0.05, 0.1) is 24.5 Å². The van der Waals surface area contributed by atoms with Crippen molar-refractivity contribution in [2.45, 2.75) is 13.0 Å². The Morgan fingerprint density at radius 2 is 2.19 bits per heavy atom. The lowest BCUT2D eigenvalue weighted by Crippen LogP contribution is -2.46. The number of carbonyl (C=O) groups is 2. The molecule has 2 aliphatic rings. The Balaban J connectivity index is 1.40. The van der Waals surface area contributed by atoms with Crippen molar-refractivity contribution in [3.8, 4) is 0 Å². The van der Waals surface area contributed by atoms with Gasteiger partial charge in [0.25, 0.3) is 0 Å². The summed E-state index contributed by atoms with van der Waals surface area (Å²) in [5.74, 6) is 0.451. The summed E-state index contributed by atoms with van der Waals surface area (Å²) in [4.78, 5) is 27.6. The molecule has 166 valence electrons. The molecule has 0 radical (unpaired) electrons. The van der Waals surface area contributed by atoms with Gasteiger partial charge in [-0.2, -0.15) is 0 Å². The molecule has 0 unspecified atom stereocenters. The predicted octanol–water partition coefficient (Wildman–Crippen LogP) is 1.26. The number of hydrogen-bond acceptors (Lipinski definition) is 8. The van der Waals surface area contributed by atoms with Crippen molar-refractivity contribution >= 4 is 29.3 Å². The zero-order chi connectivity index (χ0) is 22.0. The van der Waals surface area contributed by atoms with Crippen LogP contribution in [-0.4, -0.2) is 67.7 Å². The third-order valence-corrected chi connectivity index (χ3v) is 5.11. The van der Waals surface area contributed by atoms with Gasteiger partial charge in [-0.25, -0.2) is 19.4 Å². The fraction of sp³-hybridized carbons (Fsp3) is 0.421. The van der Waals surface area contributed by atoms with Crippen LogP contribution in [0.15, 0.2) is 28.8 Å². The van der Waals surface area contributed by atoms with Crippen LogP contribution in [0.4, 0.5) is 31.2 Å². The van der Waals surface area contributed by atoms with E-state index in [1.165, 1.54) is 16.0 Å². The third-order valence-electron chi connectivity index (χ3n) is 5.11. The van der Waals surface area contributed by atoms with Crippen LogP contribution in [0.2, 0.25) is 0 Å². The van der Waals surface area contributed by atoms with E-state index in [-0.39, 0.29) is 19.1 Å². The van der Waals surface area contributed by atoms with Gasteiger partial charge in [-0.05, 0) is 25.1 Å². The number of nitrogens with two attached hydrogens (primary N) is 1. The first-order chi connectivity index (χ1) is 14.9. The fourth-order valence-electron chi connectivity index (χ4n) is 3.52. The largest absolute Gasteiger partial charge is 0.443 e. The van der Waals surface area contributed by atoms with Crippen LogP contribution in [0.5, 0.6) is 0 Å². The van der Waals surface area contributed by atoms with Crippen LogP contribution in [-0.2, 0) is 4.74 Å². The summed E-state index contributed by atoms with van der Waals surface area (Å²) in [6.07, 6.45) is -0.934. The molecule has 1 aromatic heterocycles. The van der Waals surface area contributed by atoms with Gasteiger partial charge in [0, 0.05) is 32.2 Å². The fourth-order valence-corrected chi connectivity index (χ4v) is 3.52. The number of amides is 3. The number of aromatic nitrogens is 1. The van der Waals surface area contributed by atoms with Gasteiger partial charge in [0.15, 0.2) is 5.82 Å². The Labute approximate surface area is 177 Å². The number of hydrazine groups is 1. The van der Waals surface area contributed by atoms with Crippen LogP contribution >= 0.6 is 0 Å². The maximum absolute atomic E-state index is 14.9. The first kappa shape index (κ1) is 20.9. The highest BCUT2D eigenvalue weighted by Crippen LogP contribution is 2.28. The summed E-state index contributed by atoms with van der Waals surface area (Å²) >= 11 is 0. The van der Waals surface area contributed by atoms with E-state index in [1.54, 1.807) is 25.1 Å². The second-order valence-electron chi connectivity index (χ2n) is 7.29. The van der Waals surface area contributed by atoms with E-state index in [1.807, 2.05) is 4.90 Å². The van der Waals surface area contributed by atoms with E-state index in [2.05, 4.69) is 15.9 Å². The third kappa shape index (κ3) is 4.54. The van der Waals surface area contributed by atoms with E-state index in [0.717, 1.165) is 0 Å². The summed E-state index contributed by atoms with van der Waals surface area (Å²) < 4.78 is 25.0. The highest BCUT2D eigenvalue weighted by atomic mass is 19.1. The second kappa shape index (κ2) is 8.78. The topological polar surface area (TPSA) is 129 Å². The van der Waals surface area contributed by atoms with Crippen molar-refractivity contribution in [3.63, 3.8) is 0 Å². The molecule has 12 heteroatoms. The van der Waals surface area contributed by atoms with Gasteiger partial charge in [-0.1, -0.05) is 5.16 Å². The molecular formula is C19H24FN7O4. The highest BCUT2D eigenvalue weighted by Gasteiger charge is 2.32. The predicted molar refractivity (Wildman–Crippen MR) is 110 cm³/mol. The summed E-state index contributed by atoms with van der Waals surface area (Å²) in [5.41, 5.74) is 9.37. The minimum atomic E-state index is -0.537. The van der Waals surface area contributed by atoms with Crippen LogP contribution in [0.25, 0.3) is 0 Å². The van der Waals surface area contributed by atoms with Gasteiger partial charge >= 0.3 is 12.1 Å². The number of aryl methyl sites for hydroxylation is 1. The van der Waals surface area contributed by atoms with Gasteiger partial charge in [0.1, 0.15) is 17.7 Å². The number of benzene rings is 1. The Bertz CT molecular complexity index is 968. The average molecular weight is 433 g/mol. The minimum Gasteiger partial charge on any atom is -0.443 e. The molecule has 31 heavy (non-hydrogen) atoms. The number of carbonyl (C=O) groups excluding carboxylic acids is 2. The Morgan fingerprint density at radius 3 is 2.87 bits per heavy atom. The van der Waals surface area contributed by atoms with Crippen molar-refractivity contribution in [3.05, 3.63) is 35.8 Å². The van der Waals surface area contributed by atoms with Crippen LogP contribution in [0, 0.1) is 12.7 Å². The SMILES string of the molecule is Cc1cc(NC(=O)N2CCN(c3ccc(N4C[C@H](CN)OC4=O)cc3F)CCN2)no1. The molecule has 4 N–H and O–H groups in total. The smallest absolute Gasteiger partial charge is 0.414 e.